The summed E-state index contributed by atoms with van der Waals surface area (Å²) in [4.78, 5) is 4.35. The number of rotatable bonds is 2. The van der Waals surface area contributed by atoms with Gasteiger partial charge in [0.05, 0.1) is 11.6 Å². The molecule has 3 aromatic rings. The topological polar surface area (TPSA) is 62.7 Å². The van der Waals surface area contributed by atoms with Gasteiger partial charge < -0.3 is 4.52 Å². The fourth-order valence-corrected chi connectivity index (χ4v) is 1.73. The molecule has 0 amide bonds. The molecule has 0 saturated carbocycles. The Bertz CT molecular complexity index is 724. The molecule has 0 atom stereocenters. The SMILES string of the molecule is N#Cc1ccc(-c2noc(-c3ccccc3)n2)cc1. The van der Waals surface area contributed by atoms with Gasteiger partial charge in [-0.1, -0.05) is 23.4 Å². The second kappa shape index (κ2) is 4.75. The van der Waals surface area contributed by atoms with Gasteiger partial charge >= 0.3 is 0 Å². The number of benzene rings is 2. The molecule has 1 aromatic heterocycles. The smallest absolute Gasteiger partial charge is 0.258 e. The summed E-state index contributed by atoms with van der Waals surface area (Å²) in [6.07, 6.45) is 0. The number of nitriles is 1. The van der Waals surface area contributed by atoms with Crippen molar-refractivity contribution < 1.29 is 4.52 Å². The van der Waals surface area contributed by atoms with Gasteiger partial charge in [0.2, 0.25) is 5.82 Å². The van der Waals surface area contributed by atoms with Crippen molar-refractivity contribution in [3.05, 3.63) is 60.2 Å². The molecule has 0 radical (unpaired) electrons. The lowest BCUT2D eigenvalue weighted by Crippen LogP contribution is -1.82. The van der Waals surface area contributed by atoms with Crippen molar-refractivity contribution in [3.63, 3.8) is 0 Å². The van der Waals surface area contributed by atoms with Gasteiger partial charge in [-0.15, -0.1) is 0 Å². The minimum absolute atomic E-state index is 0.486. The fraction of sp³-hybridized carbons (Fsp3) is 0. The number of hydrogen-bond donors (Lipinski definition) is 0. The van der Waals surface area contributed by atoms with Crippen LogP contribution in [-0.4, -0.2) is 10.1 Å². The predicted molar refractivity (Wildman–Crippen MR) is 69.9 cm³/mol. The molecule has 0 bridgehead atoms. The van der Waals surface area contributed by atoms with E-state index in [0.29, 0.717) is 17.3 Å². The molecule has 0 fully saturated rings. The van der Waals surface area contributed by atoms with Crippen LogP contribution in [0.15, 0.2) is 59.1 Å². The van der Waals surface area contributed by atoms with E-state index in [-0.39, 0.29) is 0 Å². The second-order valence-corrected chi connectivity index (χ2v) is 3.98. The largest absolute Gasteiger partial charge is 0.334 e. The molecule has 0 saturated heterocycles. The number of aromatic nitrogens is 2. The van der Waals surface area contributed by atoms with Gasteiger partial charge in [0.15, 0.2) is 0 Å². The highest BCUT2D eigenvalue weighted by Crippen LogP contribution is 2.21. The first-order valence-corrected chi connectivity index (χ1v) is 5.76. The summed E-state index contributed by atoms with van der Waals surface area (Å²) >= 11 is 0. The minimum Gasteiger partial charge on any atom is -0.334 e. The van der Waals surface area contributed by atoms with Crippen LogP contribution in [0.5, 0.6) is 0 Å². The Labute approximate surface area is 109 Å². The van der Waals surface area contributed by atoms with E-state index in [2.05, 4.69) is 16.2 Å². The monoisotopic (exact) mass is 247 g/mol. The van der Waals surface area contributed by atoms with Crippen LogP contribution < -0.4 is 0 Å². The Kier molecular flexibility index (Phi) is 2.79. The molecule has 3 rings (SSSR count). The van der Waals surface area contributed by atoms with E-state index in [0.717, 1.165) is 11.1 Å². The molecule has 0 aliphatic carbocycles. The lowest BCUT2D eigenvalue weighted by molar-refractivity contribution is 0.432. The zero-order valence-corrected chi connectivity index (χ0v) is 9.95. The molecule has 0 N–H and O–H groups in total. The summed E-state index contributed by atoms with van der Waals surface area (Å²) in [5.74, 6) is 1.00. The van der Waals surface area contributed by atoms with Crippen LogP contribution in [0.2, 0.25) is 0 Å². The zero-order valence-electron chi connectivity index (χ0n) is 9.95. The first-order valence-electron chi connectivity index (χ1n) is 5.76. The van der Waals surface area contributed by atoms with E-state index >= 15 is 0 Å². The van der Waals surface area contributed by atoms with Crippen molar-refractivity contribution in [1.29, 1.82) is 5.26 Å². The normalized spacial score (nSPS) is 10.1. The van der Waals surface area contributed by atoms with E-state index in [1.165, 1.54) is 0 Å². The summed E-state index contributed by atoms with van der Waals surface area (Å²) in [6, 6.07) is 18.7. The minimum atomic E-state index is 0.486. The van der Waals surface area contributed by atoms with Crippen LogP contribution in [0.1, 0.15) is 5.56 Å². The van der Waals surface area contributed by atoms with Gasteiger partial charge in [0, 0.05) is 11.1 Å². The van der Waals surface area contributed by atoms with Crippen LogP contribution >= 0.6 is 0 Å². The average Bonchev–Trinajstić information content (AvgIpc) is 2.98. The van der Waals surface area contributed by atoms with E-state index < -0.39 is 0 Å². The quantitative estimate of drug-likeness (QED) is 0.697. The third-order valence-corrected chi connectivity index (χ3v) is 2.72. The van der Waals surface area contributed by atoms with Crippen molar-refractivity contribution >= 4 is 0 Å². The molecule has 0 spiro atoms. The van der Waals surface area contributed by atoms with Gasteiger partial charge in [0.25, 0.3) is 5.89 Å². The zero-order chi connectivity index (χ0) is 13.1. The molecule has 2 aromatic carbocycles. The lowest BCUT2D eigenvalue weighted by Gasteiger charge is -1.93. The molecule has 1 heterocycles. The molecule has 0 aliphatic rings. The third kappa shape index (κ3) is 2.22. The summed E-state index contributed by atoms with van der Waals surface area (Å²) in [7, 11) is 0. The van der Waals surface area contributed by atoms with Gasteiger partial charge in [-0.25, -0.2) is 0 Å². The standard InChI is InChI=1S/C15H9N3O/c16-10-11-6-8-12(9-7-11)14-17-15(19-18-14)13-4-2-1-3-5-13/h1-9H. The summed E-state index contributed by atoms with van der Waals surface area (Å²) in [5.41, 5.74) is 2.32. The van der Waals surface area contributed by atoms with Crippen molar-refractivity contribution in [3.8, 4) is 28.9 Å². The highest BCUT2D eigenvalue weighted by molar-refractivity contribution is 5.60. The van der Waals surface area contributed by atoms with Crippen LogP contribution in [0.4, 0.5) is 0 Å². The Morgan fingerprint density at radius 1 is 0.895 bits per heavy atom. The second-order valence-electron chi connectivity index (χ2n) is 3.98. The maximum absolute atomic E-state index is 8.75. The summed E-state index contributed by atoms with van der Waals surface area (Å²) in [5, 5.41) is 12.7. The van der Waals surface area contributed by atoms with Crippen LogP contribution in [0.3, 0.4) is 0 Å². The third-order valence-electron chi connectivity index (χ3n) is 2.72. The number of hydrogen-bond acceptors (Lipinski definition) is 4. The molecule has 4 heteroatoms. The summed E-state index contributed by atoms with van der Waals surface area (Å²) < 4.78 is 5.24. The van der Waals surface area contributed by atoms with Gasteiger partial charge in [0.1, 0.15) is 0 Å². The Morgan fingerprint density at radius 2 is 1.63 bits per heavy atom. The highest BCUT2D eigenvalue weighted by atomic mass is 16.5. The van der Waals surface area contributed by atoms with E-state index in [9.17, 15) is 0 Å². The van der Waals surface area contributed by atoms with E-state index in [4.69, 9.17) is 9.78 Å². The maximum Gasteiger partial charge on any atom is 0.258 e. The first kappa shape index (κ1) is 11.2. The van der Waals surface area contributed by atoms with Crippen LogP contribution in [0.25, 0.3) is 22.8 Å². The molecule has 0 unspecified atom stereocenters. The van der Waals surface area contributed by atoms with Crippen LogP contribution in [-0.2, 0) is 0 Å². The van der Waals surface area contributed by atoms with Crippen molar-refractivity contribution in [2.45, 2.75) is 0 Å². The Morgan fingerprint density at radius 3 is 2.32 bits per heavy atom. The molecule has 0 aliphatic heterocycles. The van der Waals surface area contributed by atoms with Gasteiger partial charge in [-0.3, -0.25) is 0 Å². The average molecular weight is 247 g/mol. The van der Waals surface area contributed by atoms with Gasteiger partial charge in [-0.05, 0) is 36.4 Å². The first-order chi connectivity index (χ1) is 9.36. The van der Waals surface area contributed by atoms with Crippen molar-refractivity contribution in [1.82, 2.24) is 10.1 Å². The number of nitrogens with zero attached hydrogens (tertiary/aromatic N) is 3. The Hall–Kier alpha value is -2.93. The molecular weight excluding hydrogens is 238 g/mol. The van der Waals surface area contributed by atoms with E-state index in [1.54, 1.807) is 24.3 Å². The molecule has 90 valence electrons. The predicted octanol–water partition coefficient (Wildman–Crippen LogP) is 3.28. The molecule has 19 heavy (non-hydrogen) atoms. The molecular formula is C15H9N3O. The molecule has 4 nitrogen and oxygen atoms in total. The van der Waals surface area contributed by atoms with Crippen molar-refractivity contribution in [2.75, 3.05) is 0 Å². The Balaban J connectivity index is 1.95. The maximum atomic E-state index is 8.75. The van der Waals surface area contributed by atoms with Crippen molar-refractivity contribution in [2.24, 2.45) is 0 Å². The van der Waals surface area contributed by atoms with Crippen LogP contribution in [0, 0.1) is 11.3 Å². The van der Waals surface area contributed by atoms with E-state index in [1.807, 2.05) is 30.3 Å². The summed E-state index contributed by atoms with van der Waals surface area (Å²) in [6.45, 7) is 0. The highest BCUT2D eigenvalue weighted by Gasteiger charge is 2.09. The fourth-order valence-electron chi connectivity index (χ4n) is 1.73. The lowest BCUT2D eigenvalue weighted by atomic mass is 10.1. The van der Waals surface area contributed by atoms with Gasteiger partial charge in [-0.2, -0.15) is 10.2 Å².